The Kier molecular flexibility index (Phi) is 5.36. The topological polar surface area (TPSA) is 46.3 Å². The van der Waals surface area contributed by atoms with Gasteiger partial charge in [-0.2, -0.15) is 0 Å². The van der Waals surface area contributed by atoms with Crippen LogP contribution in [0.1, 0.15) is 31.7 Å². The molecule has 0 spiro atoms. The fourth-order valence-corrected chi connectivity index (χ4v) is 3.08. The van der Waals surface area contributed by atoms with Crippen molar-refractivity contribution in [2.75, 3.05) is 13.1 Å². The molecular formula is C17H24N2O. The maximum Gasteiger partial charge on any atom is 0.246 e. The second-order valence-corrected chi connectivity index (χ2v) is 5.36. The van der Waals surface area contributed by atoms with E-state index < -0.39 is 0 Å². The zero-order valence-electron chi connectivity index (χ0n) is 12.2. The summed E-state index contributed by atoms with van der Waals surface area (Å²) >= 11 is 0. The highest BCUT2D eigenvalue weighted by molar-refractivity contribution is 5.92. The molecule has 0 bridgehead atoms. The first-order valence-electron chi connectivity index (χ1n) is 7.50. The largest absolute Gasteiger partial charge is 0.336 e. The van der Waals surface area contributed by atoms with Crippen molar-refractivity contribution in [1.82, 2.24) is 4.90 Å². The van der Waals surface area contributed by atoms with E-state index in [2.05, 4.69) is 0 Å². The van der Waals surface area contributed by atoms with Crippen molar-refractivity contribution >= 4 is 12.0 Å². The van der Waals surface area contributed by atoms with Crippen LogP contribution in [0.2, 0.25) is 0 Å². The van der Waals surface area contributed by atoms with E-state index in [1.807, 2.05) is 48.2 Å². The Morgan fingerprint density at radius 3 is 2.75 bits per heavy atom. The first kappa shape index (κ1) is 14.8. The van der Waals surface area contributed by atoms with E-state index in [0.29, 0.717) is 18.5 Å². The smallest absolute Gasteiger partial charge is 0.246 e. The lowest BCUT2D eigenvalue weighted by Crippen LogP contribution is -2.43. The molecule has 1 aromatic rings. The third kappa shape index (κ3) is 3.48. The highest BCUT2D eigenvalue weighted by atomic mass is 16.2. The Balaban J connectivity index is 2.04. The van der Waals surface area contributed by atoms with Crippen molar-refractivity contribution in [2.24, 2.45) is 11.7 Å². The third-order valence-corrected chi connectivity index (χ3v) is 4.16. The van der Waals surface area contributed by atoms with Crippen LogP contribution in [0.25, 0.3) is 6.08 Å². The summed E-state index contributed by atoms with van der Waals surface area (Å²) in [5.41, 5.74) is 6.88. The molecule has 0 saturated heterocycles. The van der Waals surface area contributed by atoms with Crippen molar-refractivity contribution in [3.63, 3.8) is 0 Å². The highest BCUT2D eigenvalue weighted by Gasteiger charge is 2.32. The van der Waals surface area contributed by atoms with Gasteiger partial charge >= 0.3 is 0 Å². The van der Waals surface area contributed by atoms with E-state index in [4.69, 9.17) is 5.73 Å². The van der Waals surface area contributed by atoms with Gasteiger partial charge in [-0.15, -0.1) is 0 Å². The van der Waals surface area contributed by atoms with Crippen LogP contribution in [-0.4, -0.2) is 29.9 Å². The average Bonchev–Trinajstić information content (AvgIpc) is 2.95. The summed E-state index contributed by atoms with van der Waals surface area (Å²) < 4.78 is 0. The number of nitrogens with two attached hydrogens (primary N) is 1. The summed E-state index contributed by atoms with van der Waals surface area (Å²) in [4.78, 5) is 14.4. The summed E-state index contributed by atoms with van der Waals surface area (Å²) in [6.07, 6.45) is 6.98. The van der Waals surface area contributed by atoms with Gasteiger partial charge in [0.2, 0.25) is 5.91 Å². The lowest BCUT2D eigenvalue weighted by Gasteiger charge is -2.31. The highest BCUT2D eigenvalue weighted by Crippen LogP contribution is 2.29. The monoisotopic (exact) mass is 272 g/mol. The van der Waals surface area contributed by atoms with Gasteiger partial charge < -0.3 is 10.6 Å². The predicted octanol–water partition coefficient (Wildman–Crippen LogP) is 2.68. The van der Waals surface area contributed by atoms with Gasteiger partial charge in [0.15, 0.2) is 0 Å². The number of nitrogens with zero attached hydrogens (tertiary/aromatic N) is 1. The van der Waals surface area contributed by atoms with Crippen LogP contribution in [0.5, 0.6) is 0 Å². The molecule has 0 radical (unpaired) electrons. The summed E-state index contributed by atoms with van der Waals surface area (Å²) in [6.45, 7) is 3.47. The van der Waals surface area contributed by atoms with E-state index in [9.17, 15) is 4.79 Å². The van der Waals surface area contributed by atoms with Crippen molar-refractivity contribution in [3.05, 3.63) is 42.0 Å². The van der Waals surface area contributed by atoms with Crippen LogP contribution in [-0.2, 0) is 4.79 Å². The molecule has 0 aliphatic heterocycles. The van der Waals surface area contributed by atoms with Gasteiger partial charge in [0.05, 0.1) is 0 Å². The van der Waals surface area contributed by atoms with E-state index in [0.717, 1.165) is 24.9 Å². The van der Waals surface area contributed by atoms with Gasteiger partial charge in [0, 0.05) is 18.7 Å². The van der Waals surface area contributed by atoms with Gasteiger partial charge in [-0.1, -0.05) is 36.8 Å². The predicted molar refractivity (Wildman–Crippen MR) is 83.0 cm³/mol. The van der Waals surface area contributed by atoms with E-state index in [-0.39, 0.29) is 5.91 Å². The number of carbonyl (C=O) groups is 1. The second kappa shape index (κ2) is 7.25. The van der Waals surface area contributed by atoms with Gasteiger partial charge in [0.1, 0.15) is 0 Å². The minimum Gasteiger partial charge on any atom is -0.336 e. The van der Waals surface area contributed by atoms with E-state index in [1.54, 1.807) is 6.08 Å². The maximum atomic E-state index is 12.4. The molecule has 2 rings (SSSR count). The van der Waals surface area contributed by atoms with Crippen LogP contribution in [0.15, 0.2) is 36.4 Å². The number of benzene rings is 1. The number of hydrogen-bond donors (Lipinski definition) is 1. The van der Waals surface area contributed by atoms with Crippen molar-refractivity contribution in [1.29, 1.82) is 0 Å². The minimum atomic E-state index is 0.0988. The molecule has 1 fully saturated rings. The molecule has 2 N–H and O–H groups in total. The number of hydrogen-bond acceptors (Lipinski definition) is 2. The molecule has 3 heteroatoms. The van der Waals surface area contributed by atoms with Gasteiger partial charge in [-0.05, 0) is 43.9 Å². The normalized spacial score (nSPS) is 22.3. The molecule has 20 heavy (non-hydrogen) atoms. The van der Waals surface area contributed by atoms with Crippen LogP contribution in [0.4, 0.5) is 0 Å². The molecule has 3 nitrogen and oxygen atoms in total. The number of likely N-dealkylation sites (N-methyl/N-ethyl adjacent to an activating group) is 1. The second-order valence-electron chi connectivity index (χ2n) is 5.36. The Labute approximate surface area is 121 Å². The summed E-state index contributed by atoms with van der Waals surface area (Å²) in [5.74, 6) is 0.561. The quantitative estimate of drug-likeness (QED) is 0.838. The molecule has 1 aliphatic carbocycles. The lowest BCUT2D eigenvalue weighted by molar-refractivity contribution is -0.128. The Hall–Kier alpha value is -1.61. The van der Waals surface area contributed by atoms with E-state index in [1.165, 1.54) is 6.42 Å². The van der Waals surface area contributed by atoms with E-state index >= 15 is 0 Å². The summed E-state index contributed by atoms with van der Waals surface area (Å²) in [6, 6.07) is 10.2. The molecular weight excluding hydrogens is 248 g/mol. The van der Waals surface area contributed by atoms with Crippen LogP contribution in [0, 0.1) is 5.92 Å². The molecule has 2 unspecified atom stereocenters. The lowest BCUT2D eigenvalue weighted by atomic mass is 10.0. The standard InChI is InChI=1S/C17H24N2O/c1-2-19(16-10-6-9-15(16)13-18)17(20)12-11-14-7-4-3-5-8-14/h3-5,7-8,11-12,15-16H,2,6,9-10,13,18H2,1H3. The molecule has 1 aromatic carbocycles. The zero-order valence-corrected chi connectivity index (χ0v) is 12.2. The summed E-state index contributed by atoms with van der Waals surface area (Å²) in [7, 11) is 0. The van der Waals surface area contributed by atoms with Crippen LogP contribution >= 0.6 is 0 Å². The van der Waals surface area contributed by atoms with Gasteiger partial charge in [-0.25, -0.2) is 0 Å². The molecule has 0 heterocycles. The fourth-order valence-electron chi connectivity index (χ4n) is 3.08. The zero-order chi connectivity index (χ0) is 14.4. The van der Waals surface area contributed by atoms with Crippen LogP contribution in [0.3, 0.4) is 0 Å². The number of amides is 1. The minimum absolute atomic E-state index is 0.0988. The van der Waals surface area contributed by atoms with Crippen molar-refractivity contribution in [3.8, 4) is 0 Å². The average molecular weight is 272 g/mol. The molecule has 108 valence electrons. The fraction of sp³-hybridized carbons (Fsp3) is 0.471. The van der Waals surface area contributed by atoms with Gasteiger partial charge in [-0.3, -0.25) is 4.79 Å². The molecule has 1 amide bonds. The number of rotatable bonds is 5. The van der Waals surface area contributed by atoms with Gasteiger partial charge in [0.25, 0.3) is 0 Å². The molecule has 1 aliphatic rings. The summed E-state index contributed by atoms with van der Waals surface area (Å²) in [5, 5.41) is 0. The molecule has 1 saturated carbocycles. The Morgan fingerprint density at radius 1 is 1.35 bits per heavy atom. The van der Waals surface area contributed by atoms with Crippen molar-refractivity contribution < 1.29 is 4.79 Å². The first-order chi connectivity index (χ1) is 9.76. The molecule has 0 aromatic heterocycles. The van der Waals surface area contributed by atoms with Crippen LogP contribution < -0.4 is 5.73 Å². The third-order valence-electron chi connectivity index (χ3n) is 4.16. The maximum absolute atomic E-state index is 12.4. The first-order valence-corrected chi connectivity index (χ1v) is 7.50. The number of carbonyl (C=O) groups excluding carboxylic acids is 1. The Morgan fingerprint density at radius 2 is 2.10 bits per heavy atom. The molecule has 2 atom stereocenters. The Bertz CT molecular complexity index is 455. The SMILES string of the molecule is CCN(C(=O)C=Cc1ccccc1)C1CCCC1CN. The van der Waals surface area contributed by atoms with Crippen molar-refractivity contribution in [2.45, 2.75) is 32.2 Å².